The van der Waals surface area contributed by atoms with Gasteiger partial charge in [0, 0.05) is 25.9 Å². The number of amides is 2. The lowest BCUT2D eigenvalue weighted by molar-refractivity contribution is -0.137. The number of nitrogens with one attached hydrogen (secondary N) is 3. The number of sulfonamides is 1. The van der Waals surface area contributed by atoms with Crippen LogP contribution in [0.15, 0.2) is 23.1 Å². The summed E-state index contributed by atoms with van der Waals surface area (Å²) < 4.78 is 64.7. The van der Waals surface area contributed by atoms with Gasteiger partial charge in [-0.2, -0.15) is 13.2 Å². The van der Waals surface area contributed by atoms with E-state index in [-0.39, 0.29) is 38.4 Å². The van der Waals surface area contributed by atoms with Gasteiger partial charge < -0.3 is 10.6 Å². The van der Waals surface area contributed by atoms with Crippen LogP contribution >= 0.6 is 11.6 Å². The quantitative estimate of drug-likeness (QED) is 0.504. The Bertz CT molecular complexity index is 867. The monoisotopic (exact) mass is 439 g/mol. The van der Waals surface area contributed by atoms with Crippen molar-refractivity contribution in [2.75, 3.05) is 19.6 Å². The molecule has 7 nitrogen and oxygen atoms in total. The fourth-order valence-electron chi connectivity index (χ4n) is 1.91. The minimum absolute atomic E-state index is 0.00978. The highest BCUT2D eigenvalue weighted by atomic mass is 35.5. The van der Waals surface area contributed by atoms with E-state index in [9.17, 15) is 31.2 Å². The van der Waals surface area contributed by atoms with Crippen LogP contribution in [-0.4, -0.2) is 39.9 Å². The Morgan fingerprint density at radius 1 is 1.11 bits per heavy atom. The van der Waals surface area contributed by atoms with Crippen LogP contribution in [-0.2, 0) is 25.8 Å². The highest BCUT2D eigenvalue weighted by Gasteiger charge is 2.34. The summed E-state index contributed by atoms with van der Waals surface area (Å²) in [5, 5.41) is 4.17. The first-order valence-electron chi connectivity index (χ1n) is 7.80. The van der Waals surface area contributed by atoms with Gasteiger partial charge in [0.15, 0.2) is 0 Å². The average Bonchev–Trinajstić information content (AvgIpc) is 2.59. The molecule has 1 aromatic carbocycles. The Labute approximate surface area is 165 Å². The fraction of sp³-hybridized carbons (Fsp3) is 0.375. The van der Waals surface area contributed by atoms with Crippen molar-refractivity contribution < 1.29 is 31.2 Å². The number of hydrogen-bond acceptors (Lipinski definition) is 4. The Kier molecular flexibility index (Phi) is 8.74. The number of hydrogen-bond donors (Lipinski definition) is 3. The van der Waals surface area contributed by atoms with E-state index < -0.39 is 37.6 Å². The van der Waals surface area contributed by atoms with Crippen molar-refractivity contribution in [2.45, 2.75) is 23.9 Å². The lowest BCUT2D eigenvalue weighted by Crippen LogP contribution is -2.33. The molecule has 0 saturated carbocycles. The highest BCUT2D eigenvalue weighted by molar-refractivity contribution is 7.89. The fourth-order valence-corrected chi connectivity index (χ4v) is 3.20. The van der Waals surface area contributed by atoms with Crippen LogP contribution in [0.4, 0.5) is 13.2 Å². The molecule has 28 heavy (non-hydrogen) atoms. The molecule has 0 heterocycles. The molecule has 0 fully saturated rings. The average molecular weight is 440 g/mol. The van der Waals surface area contributed by atoms with Crippen molar-refractivity contribution in [2.24, 2.45) is 0 Å². The largest absolute Gasteiger partial charge is 0.417 e. The SMILES string of the molecule is C#CCNC(=O)CCNC(=O)CCNS(=O)(=O)c1ccc(Cl)c(C(F)(F)F)c1. The molecular formula is C16H17ClF3N3O4S. The molecule has 0 radical (unpaired) electrons. The molecule has 0 atom stereocenters. The Morgan fingerprint density at radius 2 is 1.71 bits per heavy atom. The summed E-state index contributed by atoms with van der Waals surface area (Å²) >= 11 is 5.45. The van der Waals surface area contributed by atoms with Crippen molar-refractivity contribution in [1.29, 1.82) is 0 Å². The molecule has 2 amide bonds. The second-order valence-electron chi connectivity index (χ2n) is 5.37. The number of carbonyl (C=O) groups excluding carboxylic acids is 2. The molecule has 0 bridgehead atoms. The van der Waals surface area contributed by atoms with Gasteiger partial charge in [0.05, 0.1) is 22.0 Å². The van der Waals surface area contributed by atoms with Gasteiger partial charge in [-0.25, -0.2) is 13.1 Å². The van der Waals surface area contributed by atoms with Gasteiger partial charge in [0.25, 0.3) is 0 Å². The maximum Gasteiger partial charge on any atom is 0.417 e. The molecule has 1 rings (SSSR count). The molecule has 12 heteroatoms. The molecule has 0 aliphatic carbocycles. The van der Waals surface area contributed by atoms with Crippen LogP contribution in [0.1, 0.15) is 18.4 Å². The number of halogens is 4. The van der Waals surface area contributed by atoms with Gasteiger partial charge in [-0.15, -0.1) is 6.42 Å². The maximum atomic E-state index is 12.8. The Hall–Kier alpha value is -2.29. The van der Waals surface area contributed by atoms with Crippen LogP contribution < -0.4 is 15.4 Å². The summed E-state index contributed by atoms with van der Waals surface area (Å²) in [7, 11) is -4.27. The van der Waals surface area contributed by atoms with Gasteiger partial charge in [-0.05, 0) is 18.2 Å². The zero-order valence-corrected chi connectivity index (χ0v) is 16.0. The molecule has 0 spiro atoms. The summed E-state index contributed by atoms with van der Waals surface area (Å²) in [6.07, 6.45) is -0.123. The van der Waals surface area contributed by atoms with Crippen LogP contribution in [0, 0.1) is 12.3 Å². The Morgan fingerprint density at radius 3 is 2.32 bits per heavy atom. The lowest BCUT2D eigenvalue weighted by Gasteiger charge is -2.12. The number of carbonyl (C=O) groups is 2. The number of alkyl halides is 3. The summed E-state index contributed by atoms with van der Waals surface area (Å²) in [5.41, 5.74) is -1.28. The van der Waals surface area contributed by atoms with Crippen molar-refractivity contribution in [3.05, 3.63) is 28.8 Å². The molecule has 0 aromatic heterocycles. The number of terminal acetylenes is 1. The van der Waals surface area contributed by atoms with Crippen molar-refractivity contribution in [3.63, 3.8) is 0 Å². The standard InChI is InChI=1S/C16H17ClF3N3O4S/c1-2-7-21-14(24)5-8-22-15(25)6-9-23-28(26,27)11-3-4-13(17)12(10-11)16(18,19)20/h1,3-4,10,23H,5-9H2,(H,21,24)(H,22,25). The first kappa shape index (κ1) is 23.7. The van der Waals surface area contributed by atoms with E-state index in [4.69, 9.17) is 18.0 Å². The van der Waals surface area contributed by atoms with E-state index in [1.165, 1.54) is 0 Å². The molecule has 0 aliphatic heterocycles. The highest BCUT2D eigenvalue weighted by Crippen LogP contribution is 2.35. The molecule has 0 saturated heterocycles. The summed E-state index contributed by atoms with van der Waals surface area (Å²) in [6, 6.07) is 2.17. The zero-order valence-electron chi connectivity index (χ0n) is 14.4. The second kappa shape index (κ2) is 10.3. The minimum atomic E-state index is -4.81. The molecule has 3 N–H and O–H groups in total. The van der Waals surface area contributed by atoms with Gasteiger partial charge in [-0.3, -0.25) is 9.59 Å². The van der Waals surface area contributed by atoms with E-state index in [1.54, 1.807) is 0 Å². The topological polar surface area (TPSA) is 104 Å². The third-order valence-corrected chi connectivity index (χ3v) is 5.05. The van der Waals surface area contributed by atoms with E-state index >= 15 is 0 Å². The molecule has 0 aliphatic rings. The lowest BCUT2D eigenvalue weighted by atomic mass is 10.2. The smallest absolute Gasteiger partial charge is 0.356 e. The van der Waals surface area contributed by atoms with E-state index in [0.717, 1.165) is 12.1 Å². The third-order valence-electron chi connectivity index (χ3n) is 3.26. The van der Waals surface area contributed by atoms with Gasteiger partial charge in [0.2, 0.25) is 21.8 Å². The third kappa shape index (κ3) is 7.75. The predicted octanol–water partition coefficient (Wildman–Crippen LogP) is 1.28. The van der Waals surface area contributed by atoms with Crippen LogP contribution in [0.3, 0.4) is 0 Å². The summed E-state index contributed by atoms with van der Waals surface area (Å²) in [4.78, 5) is 22.3. The van der Waals surface area contributed by atoms with Crippen molar-refractivity contribution in [3.8, 4) is 12.3 Å². The summed E-state index contributed by atoms with van der Waals surface area (Å²) in [5.74, 6) is 1.31. The zero-order chi connectivity index (χ0) is 21.4. The molecule has 0 unspecified atom stereocenters. The maximum absolute atomic E-state index is 12.8. The number of benzene rings is 1. The first-order chi connectivity index (χ1) is 13.0. The van der Waals surface area contributed by atoms with Crippen LogP contribution in [0.25, 0.3) is 0 Å². The predicted molar refractivity (Wildman–Crippen MR) is 95.7 cm³/mol. The van der Waals surface area contributed by atoms with Crippen molar-refractivity contribution >= 4 is 33.4 Å². The molecular weight excluding hydrogens is 423 g/mol. The Balaban J connectivity index is 2.53. The van der Waals surface area contributed by atoms with E-state index in [1.807, 2.05) is 4.72 Å². The second-order valence-corrected chi connectivity index (χ2v) is 7.54. The van der Waals surface area contributed by atoms with E-state index in [0.29, 0.717) is 6.07 Å². The molecule has 1 aromatic rings. The van der Waals surface area contributed by atoms with Crippen LogP contribution in [0.5, 0.6) is 0 Å². The van der Waals surface area contributed by atoms with Crippen molar-refractivity contribution in [1.82, 2.24) is 15.4 Å². The van der Waals surface area contributed by atoms with E-state index in [2.05, 4.69) is 16.6 Å². The van der Waals surface area contributed by atoms with Gasteiger partial charge >= 0.3 is 6.18 Å². The normalized spacial score (nSPS) is 11.5. The van der Waals surface area contributed by atoms with Gasteiger partial charge in [0.1, 0.15) is 0 Å². The molecule has 154 valence electrons. The van der Waals surface area contributed by atoms with Gasteiger partial charge in [-0.1, -0.05) is 17.5 Å². The first-order valence-corrected chi connectivity index (χ1v) is 9.66. The minimum Gasteiger partial charge on any atom is -0.356 e. The van der Waals surface area contributed by atoms with Crippen LogP contribution in [0.2, 0.25) is 5.02 Å². The number of rotatable bonds is 9. The summed E-state index contributed by atoms with van der Waals surface area (Å²) in [6.45, 7) is -0.259.